The number of amides is 1. The zero-order valence-electron chi connectivity index (χ0n) is 16.0. The third-order valence-electron chi connectivity index (χ3n) is 4.01. The Kier molecular flexibility index (Phi) is 7.96. The molecule has 0 fully saturated rings. The highest BCUT2D eigenvalue weighted by Crippen LogP contribution is 2.44. The van der Waals surface area contributed by atoms with E-state index in [1.54, 1.807) is 13.8 Å². The topological polar surface area (TPSA) is 133 Å². The highest BCUT2D eigenvalue weighted by molar-refractivity contribution is 7.92. The van der Waals surface area contributed by atoms with Crippen molar-refractivity contribution in [2.75, 3.05) is 10.0 Å². The molecule has 1 unspecified atom stereocenters. The standard InChI is InChI=1S/C18H21Cl2N2O6PS/c1-11(2)9-17(29(24,25)26)18(23)21-12-3-5-13(6-4-12)22-30(27,28)14-7-8-15(19)16(20)10-14/h3-8,10-11,17,22H,9H2,1-2H3,(H,21,23)(H2,24,25,26). The van der Waals surface area contributed by atoms with E-state index in [-0.39, 0.29) is 38.7 Å². The number of benzene rings is 2. The fourth-order valence-corrected chi connectivity index (χ4v) is 5.06. The number of rotatable bonds is 8. The first-order valence-electron chi connectivity index (χ1n) is 8.73. The molecule has 0 aliphatic carbocycles. The molecule has 0 saturated heterocycles. The van der Waals surface area contributed by atoms with E-state index >= 15 is 0 Å². The van der Waals surface area contributed by atoms with E-state index in [1.165, 1.54) is 42.5 Å². The maximum atomic E-state index is 12.5. The molecular formula is C18H21Cl2N2O6PS. The van der Waals surface area contributed by atoms with Crippen LogP contribution in [0.15, 0.2) is 47.4 Å². The van der Waals surface area contributed by atoms with Crippen LogP contribution in [0.3, 0.4) is 0 Å². The number of hydrogen-bond donors (Lipinski definition) is 4. The lowest BCUT2D eigenvalue weighted by molar-refractivity contribution is -0.116. The van der Waals surface area contributed by atoms with Gasteiger partial charge in [-0.1, -0.05) is 37.0 Å². The second-order valence-electron chi connectivity index (χ2n) is 6.98. The number of halogens is 2. The number of nitrogens with one attached hydrogen (secondary N) is 2. The molecular weight excluding hydrogens is 474 g/mol. The van der Waals surface area contributed by atoms with Gasteiger partial charge < -0.3 is 15.1 Å². The molecule has 0 aliphatic heterocycles. The molecule has 2 aromatic rings. The molecule has 1 atom stereocenters. The van der Waals surface area contributed by atoms with Gasteiger partial charge in [0, 0.05) is 11.4 Å². The maximum Gasteiger partial charge on any atom is 0.337 e. The molecule has 0 spiro atoms. The summed E-state index contributed by atoms with van der Waals surface area (Å²) in [5, 5.41) is 2.77. The molecule has 30 heavy (non-hydrogen) atoms. The third-order valence-corrected chi connectivity index (χ3v) is 7.38. The average molecular weight is 495 g/mol. The third kappa shape index (κ3) is 6.70. The maximum absolute atomic E-state index is 12.5. The Labute approximate surface area is 184 Å². The summed E-state index contributed by atoms with van der Waals surface area (Å²) in [6.45, 7) is 3.51. The lowest BCUT2D eigenvalue weighted by Crippen LogP contribution is -2.29. The molecule has 8 nitrogen and oxygen atoms in total. The van der Waals surface area contributed by atoms with Crippen LogP contribution in [0.1, 0.15) is 20.3 Å². The van der Waals surface area contributed by atoms with Gasteiger partial charge in [0.05, 0.1) is 14.9 Å². The van der Waals surface area contributed by atoms with Crippen LogP contribution in [0, 0.1) is 5.92 Å². The van der Waals surface area contributed by atoms with Gasteiger partial charge in [0.2, 0.25) is 5.91 Å². The second kappa shape index (κ2) is 9.68. The van der Waals surface area contributed by atoms with Crippen molar-refractivity contribution in [1.29, 1.82) is 0 Å². The predicted octanol–water partition coefficient (Wildman–Crippen LogP) is 4.33. The Balaban J connectivity index is 2.13. The fourth-order valence-electron chi connectivity index (χ4n) is 2.55. The smallest absolute Gasteiger partial charge is 0.325 e. The van der Waals surface area contributed by atoms with Crippen molar-refractivity contribution in [2.45, 2.75) is 30.8 Å². The predicted molar refractivity (Wildman–Crippen MR) is 118 cm³/mol. The molecule has 0 heterocycles. The Morgan fingerprint density at radius 3 is 2.10 bits per heavy atom. The first kappa shape index (κ1) is 24.7. The first-order valence-corrected chi connectivity index (χ1v) is 12.7. The Bertz CT molecular complexity index is 1070. The Hall–Kier alpha value is -1.61. The molecule has 2 aromatic carbocycles. The minimum Gasteiger partial charge on any atom is -0.325 e. The van der Waals surface area contributed by atoms with E-state index in [0.717, 1.165) is 0 Å². The Morgan fingerprint density at radius 2 is 1.60 bits per heavy atom. The quantitative estimate of drug-likeness (QED) is 0.403. The lowest BCUT2D eigenvalue weighted by atomic mass is 10.1. The molecule has 0 saturated carbocycles. The SMILES string of the molecule is CC(C)CC(C(=O)Nc1ccc(NS(=O)(=O)c2ccc(Cl)c(Cl)c2)cc1)P(=O)(O)O. The van der Waals surface area contributed by atoms with Gasteiger partial charge in [0.1, 0.15) is 5.66 Å². The van der Waals surface area contributed by atoms with Crippen molar-refractivity contribution in [2.24, 2.45) is 5.92 Å². The van der Waals surface area contributed by atoms with Gasteiger partial charge in [-0.2, -0.15) is 0 Å². The highest BCUT2D eigenvalue weighted by atomic mass is 35.5. The van der Waals surface area contributed by atoms with Crippen molar-refractivity contribution < 1.29 is 27.6 Å². The molecule has 1 amide bonds. The molecule has 2 rings (SSSR count). The highest BCUT2D eigenvalue weighted by Gasteiger charge is 2.36. The summed E-state index contributed by atoms with van der Waals surface area (Å²) in [6, 6.07) is 9.53. The van der Waals surface area contributed by atoms with Crippen LogP contribution in [-0.4, -0.2) is 29.8 Å². The van der Waals surface area contributed by atoms with Crippen molar-refractivity contribution in [3.05, 3.63) is 52.5 Å². The van der Waals surface area contributed by atoms with Gasteiger partial charge in [-0.15, -0.1) is 0 Å². The number of carbonyl (C=O) groups is 1. The lowest BCUT2D eigenvalue weighted by Gasteiger charge is -2.19. The summed E-state index contributed by atoms with van der Waals surface area (Å²) in [7, 11) is -8.54. The van der Waals surface area contributed by atoms with Crippen molar-refractivity contribution in [3.8, 4) is 0 Å². The van der Waals surface area contributed by atoms with Gasteiger partial charge in [-0.3, -0.25) is 14.1 Å². The normalized spacial score (nSPS) is 13.2. The van der Waals surface area contributed by atoms with Crippen molar-refractivity contribution in [3.63, 3.8) is 0 Å². The average Bonchev–Trinajstić information content (AvgIpc) is 2.62. The molecule has 0 aromatic heterocycles. The van der Waals surface area contributed by atoms with Gasteiger partial charge in [0.15, 0.2) is 0 Å². The molecule has 164 valence electrons. The van der Waals surface area contributed by atoms with E-state index in [0.29, 0.717) is 0 Å². The second-order valence-corrected chi connectivity index (χ2v) is 11.3. The molecule has 0 bridgehead atoms. The van der Waals surface area contributed by atoms with Crippen LogP contribution in [0.2, 0.25) is 10.0 Å². The monoisotopic (exact) mass is 494 g/mol. The van der Waals surface area contributed by atoms with E-state index < -0.39 is 29.2 Å². The summed E-state index contributed by atoms with van der Waals surface area (Å²) >= 11 is 11.7. The van der Waals surface area contributed by atoms with Crippen LogP contribution in [-0.2, 0) is 19.4 Å². The minimum absolute atomic E-state index is 0.0254. The summed E-state index contributed by atoms with van der Waals surface area (Å²) < 4.78 is 38.9. The van der Waals surface area contributed by atoms with E-state index in [9.17, 15) is 27.6 Å². The van der Waals surface area contributed by atoms with Crippen molar-refractivity contribution >= 4 is 58.1 Å². The number of sulfonamides is 1. The Morgan fingerprint density at radius 1 is 1.03 bits per heavy atom. The molecule has 4 N–H and O–H groups in total. The first-order chi connectivity index (χ1) is 13.8. The van der Waals surface area contributed by atoms with Gasteiger partial charge >= 0.3 is 7.60 Å². The van der Waals surface area contributed by atoms with Crippen LogP contribution in [0.4, 0.5) is 11.4 Å². The molecule has 0 aliphatic rings. The summed E-state index contributed by atoms with van der Waals surface area (Å²) in [4.78, 5) is 31.1. The summed E-state index contributed by atoms with van der Waals surface area (Å²) in [5.41, 5.74) is -0.988. The van der Waals surface area contributed by atoms with Gasteiger partial charge in [0.25, 0.3) is 10.0 Å². The van der Waals surface area contributed by atoms with Gasteiger partial charge in [-0.25, -0.2) is 8.42 Å². The number of anilines is 2. The van der Waals surface area contributed by atoms with E-state index in [4.69, 9.17) is 23.2 Å². The number of carbonyl (C=O) groups excluding carboxylic acids is 1. The van der Waals surface area contributed by atoms with E-state index in [2.05, 4.69) is 10.0 Å². The fraction of sp³-hybridized carbons (Fsp3) is 0.278. The van der Waals surface area contributed by atoms with Crippen LogP contribution < -0.4 is 10.0 Å². The largest absolute Gasteiger partial charge is 0.337 e. The zero-order valence-corrected chi connectivity index (χ0v) is 19.3. The van der Waals surface area contributed by atoms with Crippen LogP contribution in [0.25, 0.3) is 0 Å². The van der Waals surface area contributed by atoms with Crippen LogP contribution in [0.5, 0.6) is 0 Å². The molecule has 12 heteroatoms. The van der Waals surface area contributed by atoms with E-state index in [1.807, 2.05) is 0 Å². The summed E-state index contributed by atoms with van der Waals surface area (Å²) in [5.74, 6) is -0.896. The summed E-state index contributed by atoms with van der Waals surface area (Å²) in [6.07, 6.45) is 0.0254. The number of hydrogen-bond acceptors (Lipinski definition) is 4. The molecule has 0 radical (unpaired) electrons. The minimum atomic E-state index is -4.63. The van der Waals surface area contributed by atoms with Gasteiger partial charge in [-0.05, 0) is 54.8 Å². The van der Waals surface area contributed by atoms with Crippen molar-refractivity contribution in [1.82, 2.24) is 0 Å². The zero-order chi connectivity index (χ0) is 22.7. The van der Waals surface area contributed by atoms with Crippen LogP contribution >= 0.6 is 30.8 Å².